The summed E-state index contributed by atoms with van der Waals surface area (Å²) in [7, 11) is 0. The second kappa shape index (κ2) is 10.4. The van der Waals surface area contributed by atoms with E-state index in [1.54, 1.807) is 11.3 Å². The number of thiazole rings is 1. The Balaban J connectivity index is 1.22. The average Bonchev–Trinajstić information content (AvgIpc) is 3.39. The number of fused-ring (bicyclic) bond motifs is 1. The standard InChI is InChI=1S/C26H31ClN4O3S/c1-17-29-23-14-21(6-7-24(23)35-17)34-16-20(32)15-26(9-11-28-12-10-26)30-22-8-13-31(25(22)33)19-4-2-18(27)3-5-19/h2-7,14,20,22,28,30,32H,8-13,15-16H2,1H3. The number of benzene rings is 2. The largest absolute Gasteiger partial charge is 0.491 e. The molecule has 0 aliphatic carbocycles. The van der Waals surface area contributed by atoms with Gasteiger partial charge in [0.2, 0.25) is 5.91 Å². The fourth-order valence-electron chi connectivity index (χ4n) is 5.19. The van der Waals surface area contributed by atoms with Crippen LogP contribution in [0.4, 0.5) is 5.69 Å². The number of rotatable bonds is 8. The monoisotopic (exact) mass is 514 g/mol. The van der Waals surface area contributed by atoms with Crippen molar-refractivity contribution in [2.75, 3.05) is 31.1 Å². The third-order valence-electron chi connectivity index (χ3n) is 6.92. The highest BCUT2D eigenvalue weighted by Gasteiger charge is 2.41. The number of aryl methyl sites for hydroxylation is 1. The second-order valence-electron chi connectivity index (χ2n) is 9.51. The molecule has 1 aromatic heterocycles. The highest BCUT2D eigenvalue weighted by atomic mass is 35.5. The molecule has 186 valence electrons. The zero-order chi connectivity index (χ0) is 24.4. The highest BCUT2D eigenvalue weighted by molar-refractivity contribution is 7.18. The third kappa shape index (κ3) is 5.62. The van der Waals surface area contributed by atoms with E-state index in [0.717, 1.165) is 53.3 Å². The molecule has 2 unspecified atom stereocenters. The smallest absolute Gasteiger partial charge is 0.244 e. The fourth-order valence-corrected chi connectivity index (χ4v) is 6.12. The molecule has 0 bridgehead atoms. The molecule has 2 aliphatic heterocycles. The van der Waals surface area contributed by atoms with Gasteiger partial charge in [0, 0.05) is 28.9 Å². The molecule has 2 aliphatic rings. The first kappa shape index (κ1) is 24.5. The molecule has 1 amide bonds. The molecule has 0 saturated carbocycles. The van der Waals surface area contributed by atoms with Gasteiger partial charge in [-0.25, -0.2) is 4.98 Å². The third-order valence-corrected chi connectivity index (χ3v) is 8.12. The highest BCUT2D eigenvalue weighted by Crippen LogP contribution is 2.30. The SMILES string of the molecule is Cc1nc2cc(OCC(O)CC3(NC4CCN(c5ccc(Cl)cc5)C4=O)CCNCC3)ccc2s1. The molecule has 2 fully saturated rings. The van der Waals surface area contributed by atoms with Gasteiger partial charge in [-0.3, -0.25) is 4.79 Å². The summed E-state index contributed by atoms with van der Waals surface area (Å²) in [6, 6.07) is 13.0. The van der Waals surface area contributed by atoms with E-state index in [1.807, 2.05) is 54.3 Å². The Morgan fingerprint density at radius 3 is 2.83 bits per heavy atom. The van der Waals surface area contributed by atoms with Crippen LogP contribution in [0, 0.1) is 6.92 Å². The number of nitrogens with one attached hydrogen (secondary N) is 2. The summed E-state index contributed by atoms with van der Waals surface area (Å²) in [4.78, 5) is 19.6. The van der Waals surface area contributed by atoms with Gasteiger partial charge in [0.25, 0.3) is 0 Å². The number of aliphatic hydroxyl groups excluding tert-OH is 1. The van der Waals surface area contributed by atoms with E-state index in [1.165, 1.54) is 0 Å². The lowest BCUT2D eigenvalue weighted by atomic mass is 9.82. The van der Waals surface area contributed by atoms with Crippen molar-refractivity contribution in [1.29, 1.82) is 0 Å². The first-order chi connectivity index (χ1) is 16.9. The predicted molar refractivity (Wildman–Crippen MR) is 141 cm³/mol. The maximum absolute atomic E-state index is 13.2. The van der Waals surface area contributed by atoms with E-state index in [4.69, 9.17) is 16.3 Å². The topological polar surface area (TPSA) is 86.7 Å². The summed E-state index contributed by atoms with van der Waals surface area (Å²) in [6.45, 7) is 4.55. The maximum Gasteiger partial charge on any atom is 0.244 e. The Hall–Kier alpha value is -2.23. The first-order valence-electron chi connectivity index (χ1n) is 12.1. The first-order valence-corrected chi connectivity index (χ1v) is 13.3. The number of piperidine rings is 1. The Labute approximate surface area is 214 Å². The van der Waals surface area contributed by atoms with Gasteiger partial charge in [-0.15, -0.1) is 11.3 Å². The zero-order valence-corrected chi connectivity index (χ0v) is 21.4. The van der Waals surface area contributed by atoms with Crippen LogP contribution in [0.1, 0.15) is 30.7 Å². The Morgan fingerprint density at radius 1 is 1.29 bits per heavy atom. The van der Waals surface area contributed by atoms with Crippen LogP contribution in [0.5, 0.6) is 5.75 Å². The molecule has 2 aromatic carbocycles. The summed E-state index contributed by atoms with van der Waals surface area (Å²) >= 11 is 7.67. The van der Waals surface area contributed by atoms with Crippen molar-refractivity contribution >= 4 is 44.7 Å². The van der Waals surface area contributed by atoms with Crippen molar-refractivity contribution < 1.29 is 14.6 Å². The van der Waals surface area contributed by atoms with E-state index in [0.29, 0.717) is 23.7 Å². The van der Waals surface area contributed by atoms with Crippen molar-refractivity contribution in [3.8, 4) is 5.75 Å². The van der Waals surface area contributed by atoms with Crippen LogP contribution < -0.4 is 20.3 Å². The molecule has 0 radical (unpaired) electrons. The van der Waals surface area contributed by atoms with Crippen molar-refractivity contribution in [2.24, 2.45) is 0 Å². The van der Waals surface area contributed by atoms with Gasteiger partial charge in [-0.05, 0) is 82.1 Å². The number of aromatic nitrogens is 1. The normalized spacial score (nSPS) is 20.9. The molecular formula is C26H31ClN4O3S. The van der Waals surface area contributed by atoms with E-state index < -0.39 is 6.10 Å². The molecule has 0 spiro atoms. The molecule has 2 saturated heterocycles. The van der Waals surface area contributed by atoms with Crippen LogP contribution in [0.2, 0.25) is 5.02 Å². The number of carbonyl (C=O) groups is 1. The molecule has 9 heteroatoms. The average molecular weight is 515 g/mol. The summed E-state index contributed by atoms with van der Waals surface area (Å²) in [5.41, 5.74) is 1.46. The number of nitrogens with zero attached hydrogens (tertiary/aromatic N) is 2. The number of amides is 1. The van der Waals surface area contributed by atoms with Gasteiger partial charge in [0.05, 0.1) is 27.4 Å². The van der Waals surface area contributed by atoms with Gasteiger partial charge in [-0.1, -0.05) is 11.6 Å². The van der Waals surface area contributed by atoms with Gasteiger partial charge in [0.15, 0.2) is 0 Å². The maximum atomic E-state index is 13.2. The number of aliphatic hydroxyl groups is 1. The number of ether oxygens (including phenoxy) is 1. The second-order valence-corrected chi connectivity index (χ2v) is 11.2. The van der Waals surface area contributed by atoms with Gasteiger partial charge < -0.3 is 25.4 Å². The predicted octanol–water partition coefficient (Wildman–Crippen LogP) is 3.91. The van der Waals surface area contributed by atoms with Crippen molar-refractivity contribution in [1.82, 2.24) is 15.6 Å². The molecular weight excluding hydrogens is 484 g/mol. The van der Waals surface area contributed by atoms with E-state index in [2.05, 4.69) is 15.6 Å². The van der Waals surface area contributed by atoms with Crippen LogP contribution in [-0.4, -0.2) is 59.9 Å². The van der Waals surface area contributed by atoms with E-state index in [9.17, 15) is 9.90 Å². The summed E-state index contributed by atoms with van der Waals surface area (Å²) < 4.78 is 7.06. The van der Waals surface area contributed by atoms with Crippen LogP contribution in [-0.2, 0) is 4.79 Å². The van der Waals surface area contributed by atoms with Gasteiger partial charge >= 0.3 is 0 Å². The summed E-state index contributed by atoms with van der Waals surface area (Å²) in [5.74, 6) is 0.779. The fraction of sp³-hybridized carbons (Fsp3) is 0.462. The number of anilines is 1. The van der Waals surface area contributed by atoms with Crippen LogP contribution in [0.15, 0.2) is 42.5 Å². The van der Waals surface area contributed by atoms with Crippen molar-refractivity contribution in [3.05, 3.63) is 52.5 Å². The summed E-state index contributed by atoms with van der Waals surface area (Å²) in [6.07, 6.45) is 2.29. The lowest BCUT2D eigenvalue weighted by Crippen LogP contribution is -2.59. The van der Waals surface area contributed by atoms with E-state index >= 15 is 0 Å². The number of hydrogen-bond donors (Lipinski definition) is 3. The van der Waals surface area contributed by atoms with Crippen LogP contribution in [0.25, 0.3) is 10.2 Å². The molecule has 3 N–H and O–H groups in total. The van der Waals surface area contributed by atoms with Crippen LogP contribution in [0.3, 0.4) is 0 Å². The molecule has 3 aromatic rings. The molecule has 3 heterocycles. The lowest BCUT2D eigenvalue weighted by molar-refractivity contribution is -0.119. The van der Waals surface area contributed by atoms with Gasteiger partial charge in [-0.2, -0.15) is 0 Å². The number of halogens is 1. The lowest BCUT2D eigenvalue weighted by Gasteiger charge is -2.41. The Kier molecular flexibility index (Phi) is 7.27. The zero-order valence-electron chi connectivity index (χ0n) is 19.8. The minimum atomic E-state index is -0.655. The van der Waals surface area contributed by atoms with Crippen LogP contribution >= 0.6 is 22.9 Å². The molecule has 2 atom stereocenters. The number of carbonyl (C=O) groups excluding carboxylic acids is 1. The quantitative estimate of drug-likeness (QED) is 0.422. The van der Waals surface area contributed by atoms with Crippen molar-refractivity contribution in [3.63, 3.8) is 0 Å². The number of hydrogen-bond acceptors (Lipinski definition) is 7. The Bertz CT molecular complexity index is 1180. The molecule has 5 rings (SSSR count). The molecule has 7 nitrogen and oxygen atoms in total. The summed E-state index contributed by atoms with van der Waals surface area (Å²) in [5, 5.41) is 19.7. The molecule has 35 heavy (non-hydrogen) atoms. The van der Waals surface area contributed by atoms with E-state index in [-0.39, 0.29) is 24.1 Å². The van der Waals surface area contributed by atoms with Gasteiger partial charge in [0.1, 0.15) is 12.4 Å². The minimum absolute atomic E-state index is 0.0721. The van der Waals surface area contributed by atoms with Crippen molar-refractivity contribution in [2.45, 2.75) is 50.3 Å². The minimum Gasteiger partial charge on any atom is -0.491 e. The Morgan fingerprint density at radius 2 is 2.06 bits per heavy atom.